The van der Waals surface area contributed by atoms with Gasteiger partial charge >= 0.3 is 5.69 Å². The zero-order valence-electron chi connectivity index (χ0n) is 6.11. The number of carbonyl (C=O) groups excluding carboxylic acids is 1. The van der Waals surface area contributed by atoms with Crippen LogP contribution in [0, 0.1) is 5.39 Å². The monoisotopic (exact) mass is 147 g/mol. The third kappa shape index (κ3) is 1.41. The third-order valence-electron chi connectivity index (χ3n) is 1.39. The van der Waals surface area contributed by atoms with E-state index < -0.39 is 0 Å². The Labute approximate surface area is 64.3 Å². The Hall–Kier alpha value is -1.69. The van der Waals surface area contributed by atoms with Crippen LogP contribution in [0.25, 0.3) is 4.98 Å². The second-order valence-corrected chi connectivity index (χ2v) is 2.17. The molecule has 0 fully saturated rings. The van der Waals surface area contributed by atoms with Gasteiger partial charge in [-0.3, -0.25) is 4.79 Å². The zero-order chi connectivity index (χ0) is 8.27. The summed E-state index contributed by atoms with van der Waals surface area (Å²) in [7, 11) is 0. The predicted molar refractivity (Wildman–Crippen MR) is 41.2 cm³/mol. The molecule has 3 heteroatoms. The maximum Gasteiger partial charge on any atom is 0.395 e. The summed E-state index contributed by atoms with van der Waals surface area (Å²) in [6.45, 7) is 1.43. The summed E-state index contributed by atoms with van der Waals surface area (Å²) >= 11 is 0. The standard InChI is InChI=1S/C8H7N2O/c1-6(11)7-4-2-3-5-8(7)10-9/h2-5H,1H3/q+1. The highest BCUT2D eigenvalue weighted by molar-refractivity contribution is 5.99. The number of carbonyl (C=O) groups is 1. The molecule has 0 bridgehead atoms. The van der Waals surface area contributed by atoms with Crippen LogP contribution in [-0.4, -0.2) is 5.78 Å². The van der Waals surface area contributed by atoms with E-state index in [2.05, 4.69) is 4.98 Å². The molecule has 3 nitrogen and oxygen atoms in total. The van der Waals surface area contributed by atoms with Gasteiger partial charge in [0, 0.05) is 6.07 Å². The van der Waals surface area contributed by atoms with Gasteiger partial charge in [0.25, 0.3) is 0 Å². The molecule has 0 unspecified atom stereocenters. The molecular weight excluding hydrogens is 140 g/mol. The maximum atomic E-state index is 10.9. The topological polar surface area (TPSA) is 45.2 Å². The molecule has 0 spiro atoms. The lowest BCUT2D eigenvalue weighted by molar-refractivity contribution is 0.101. The lowest BCUT2D eigenvalue weighted by Gasteiger charge is -1.87. The fourth-order valence-electron chi connectivity index (χ4n) is 0.859. The van der Waals surface area contributed by atoms with Gasteiger partial charge < -0.3 is 0 Å². The van der Waals surface area contributed by atoms with Gasteiger partial charge in [-0.15, -0.1) is 0 Å². The van der Waals surface area contributed by atoms with Crippen molar-refractivity contribution in [2.24, 2.45) is 0 Å². The van der Waals surface area contributed by atoms with Crippen LogP contribution in [0.2, 0.25) is 0 Å². The molecule has 0 heterocycles. The summed E-state index contributed by atoms with van der Waals surface area (Å²) in [4.78, 5) is 13.8. The normalized spacial score (nSPS) is 8.73. The van der Waals surface area contributed by atoms with Crippen molar-refractivity contribution in [1.82, 2.24) is 0 Å². The van der Waals surface area contributed by atoms with Crippen LogP contribution in [0.15, 0.2) is 24.3 Å². The first-order valence-corrected chi connectivity index (χ1v) is 3.21. The van der Waals surface area contributed by atoms with Crippen molar-refractivity contribution in [3.05, 3.63) is 34.8 Å². The molecule has 0 saturated carbocycles. The Bertz CT molecular complexity index is 325. The van der Waals surface area contributed by atoms with Crippen molar-refractivity contribution < 1.29 is 4.79 Å². The highest BCUT2D eigenvalue weighted by atomic mass is 16.1. The molecule has 0 aromatic heterocycles. The molecule has 0 aliphatic rings. The lowest BCUT2D eigenvalue weighted by atomic mass is 10.1. The van der Waals surface area contributed by atoms with Crippen LogP contribution in [-0.2, 0) is 0 Å². The number of benzene rings is 1. The Balaban J connectivity index is 3.26. The van der Waals surface area contributed by atoms with E-state index in [1.807, 2.05) is 0 Å². The zero-order valence-corrected chi connectivity index (χ0v) is 6.11. The Morgan fingerprint density at radius 1 is 1.45 bits per heavy atom. The van der Waals surface area contributed by atoms with Gasteiger partial charge in [-0.2, -0.15) is 0 Å². The van der Waals surface area contributed by atoms with E-state index in [1.165, 1.54) is 6.92 Å². The molecule has 0 atom stereocenters. The summed E-state index contributed by atoms with van der Waals surface area (Å²) in [5.74, 6) is -0.0987. The van der Waals surface area contributed by atoms with Crippen molar-refractivity contribution in [2.75, 3.05) is 0 Å². The van der Waals surface area contributed by atoms with Crippen LogP contribution < -0.4 is 0 Å². The van der Waals surface area contributed by atoms with Crippen LogP contribution >= 0.6 is 0 Å². The number of nitrogens with zero attached hydrogens (tertiary/aromatic N) is 2. The van der Waals surface area contributed by atoms with E-state index in [4.69, 9.17) is 5.39 Å². The molecule has 1 rings (SSSR count). The average Bonchev–Trinajstić information content (AvgIpc) is 2.04. The van der Waals surface area contributed by atoms with E-state index in [0.29, 0.717) is 11.3 Å². The van der Waals surface area contributed by atoms with Gasteiger partial charge in [0.05, 0.1) is 0 Å². The Morgan fingerprint density at radius 3 is 2.55 bits per heavy atom. The quantitative estimate of drug-likeness (QED) is 0.452. The van der Waals surface area contributed by atoms with Crippen molar-refractivity contribution in [2.45, 2.75) is 6.92 Å². The first-order valence-electron chi connectivity index (χ1n) is 3.21. The number of hydrogen-bond acceptors (Lipinski definition) is 2. The SMILES string of the molecule is CC(=O)c1ccccc1[N+]#N. The Kier molecular flexibility index (Phi) is 1.98. The summed E-state index contributed by atoms with van der Waals surface area (Å²) in [5.41, 5.74) is 0.759. The van der Waals surface area contributed by atoms with Crippen molar-refractivity contribution in [3.63, 3.8) is 0 Å². The maximum absolute atomic E-state index is 10.9. The minimum atomic E-state index is -0.0987. The van der Waals surface area contributed by atoms with E-state index in [9.17, 15) is 4.79 Å². The number of diazo groups is 1. The molecule has 11 heavy (non-hydrogen) atoms. The minimum Gasteiger partial charge on any atom is -0.294 e. The molecule has 0 radical (unpaired) electrons. The van der Waals surface area contributed by atoms with E-state index >= 15 is 0 Å². The van der Waals surface area contributed by atoms with E-state index in [-0.39, 0.29) is 5.78 Å². The third-order valence-corrected chi connectivity index (χ3v) is 1.39. The second-order valence-electron chi connectivity index (χ2n) is 2.17. The van der Waals surface area contributed by atoms with Gasteiger partial charge in [-0.05, 0) is 13.0 Å². The molecular formula is C8H7N2O+. The second kappa shape index (κ2) is 2.93. The largest absolute Gasteiger partial charge is 0.395 e. The van der Waals surface area contributed by atoms with Gasteiger partial charge in [0.15, 0.2) is 10.8 Å². The number of hydrogen-bond donors (Lipinski definition) is 0. The first kappa shape index (κ1) is 7.42. The molecule has 1 aromatic carbocycles. The van der Waals surface area contributed by atoms with Crippen molar-refractivity contribution in [1.29, 1.82) is 5.39 Å². The summed E-state index contributed by atoms with van der Waals surface area (Å²) in [6.07, 6.45) is 0. The number of ketones is 1. The molecule has 0 amide bonds. The van der Waals surface area contributed by atoms with E-state index in [0.717, 1.165) is 0 Å². The van der Waals surface area contributed by atoms with Crippen LogP contribution in [0.5, 0.6) is 0 Å². The fraction of sp³-hybridized carbons (Fsp3) is 0.125. The minimum absolute atomic E-state index is 0.0987. The van der Waals surface area contributed by atoms with Crippen LogP contribution in [0.4, 0.5) is 5.69 Å². The van der Waals surface area contributed by atoms with Crippen molar-refractivity contribution in [3.8, 4) is 0 Å². The number of Topliss-reactive ketones (excluding diaryl/α,β-unsaturated/α-hetero) is 1. The van der Waals surface area contributed by atoms with Crippen LogP contribution in [0.3, 0.4) is 0 Å². The molecule has 0 aliphatic heterocycles. The molecule has 54 valence electrons. The summed E-state index contributed by atoms with van der Waals surface area (Å²) in [5, 5.41) is 8.44. The summed E-state index contributed by atoms with van der Waals surface area (Å²) < 4.78 is 0. The smallest absolute Gasteiger partial charge is 0.294 e. The molecule has 0 N–H and O–H groups in total. The van der Waals surface area contributed by atoms with Crippen LogP contribution in [0.1, 0.15) is 17.3 Å². The van der Waals surface area contributed by atoms with Gasteiger partial charge in [0.1, 0.15) is 5.56 Å². The highest BCUT2D eigenvalue weighted by Crippen LogP contribution is 2.18. The number of rotatable bonds is 1. The molecule has 0 saturated heterocycles. The average molecular weight is 147 g/mol. The first-order chi connectivity index (χ1) is 5.25. The Morgan fingerprint density at radius 2 is 2.09 bits per heavy atom. The fourth-order valence-corrected chi connectivity index (χ4v) is 0.859. The van der Waals surface area contributed by atoms with E-state index in [1.54, 1.807) is 24.3 Å². The molecule has 1 aromatic rings. The van der Waals surface area contributed by atoms with Gasteiger partial charge in [-0.25, -0.2) is 0 Å². The predicted octanol–water partition coefficient (Wildman–Crippen LogP) is 2.37. The summed E-state index contributed by atoms with van der Waals surface area (Å²) in [6, 6.07) is 6.64. The van der Waals surface area contributed by atoms with Gasteiger partial charge in [0.2, 0.25) is 5.39 Å². The van der Waals surface area contributed by atoms with Gasteiger partial charge in [-0.1, -0.05) is 12.1 Å². The highest BCUT2D eigenvalue weighted by Gasteiger charge is 2.14. The molecule has 0 aliphatic carbocycles. The van der Waals surface area contributed by atoms with Crippen molar-refractivity contribution >= 4 is 11.5 Å². The lowest BCUT2D eigenvalue weighted by Crippen LogP contribution is -1.90.